The van der Waals surface area contributed by atoms with Crippen molar-refractivity contribution >= 4 is 29.3 Å². The van der Waals surface area contributed by atoms with Crippen molar-refractivity contribution in [3.8, 4) is 0 Å². The molecule has 8 heteroatoms. The Bertz CT molecular complexity index is 899. The molecule has 0 saturated carbocycles. The summed E-state index contributed by atoms with van der Waals surface area (Å²) in [5.74, 6) is -0.962. The number of para-hydroxylation sites is 1. The first-order chi connectivity index (χ1) is 13.9. The van der Waals surface area contributed by atoms with Gasteiger partial charge in [-0.25, -0.2) is 0 Å². The van der Waals surface area contributed by atoms with E-state index in [0.717, 1.165) is 29.7 Å². The zero-order valence-electron chi connectivity index (χ0n) is 16.9. The normalized spacial score (nSPS) is 16.2. The van der Waals surface area contributed by atoms with Gasteiger partial charge in [-0.2, -0.15) is 0 Å². The highest BCUT2D eigenvalue weighted by molar-refractivity contribution is 6.01. The molecule has 29 heavy (non-hydrogen) atoms. The Morgan fingerprint density at radius 2 is 1.97 bits per heavy atom. The molecule has 1 atom stereocenters. The lowest BCUT2D eigenvalue weighted by molar-refractivity contribution is -0.151. The van der Waals surface area contributed by atoms with E-state index in [-0.39, 0.29) is 24.7 Å². The Hall–Kier alpha value is -3.16. The van der Waals surface area contributed by atoms with E-state index in [0.29, 0.717) is 5.76 Å². The molecule has 1 fully saturated rings. The van der Waals surface area contributed by atoms with E-state index in [1.807, 2.05) is 32.0 Å². The molecule has 2 amide bonds. The maximum absolute atomic E-state index is 12.6. The number of aromatic nitrogens is 1. The Morgan fingerprint density at radius 3 is 2.55 bits per heavy atom. The largest absolute Gasteiger partial charge is 0.455 e. The minimum atomic E-state index is -0.598. The predicted octanol–water partition coefficient (Wildman–Crippen LogP) is 2.64. The van der Waals surface area contributed by atoms with Crippen molar-refractivity contribution in [1.29, 1.82) is 0 Å². The molecule has 2 heterocycles. The molecule has 1 N–H and O–H groups in total. The van der Waals surface area contributed by atoms with Gasteiger partial charge < -0.3 is 19.5 Å². The number of carbonyl (C=O) groups excluding carboxylic acids is 3. The van der Waals surface area contributed by atoms with E-state index in [4.69, 9.17) is 9.26 Å². The highest BCUT2D eigenvalue weighted by Crippen LogP contribution is 2.32. The molecule has 2 aromatic rings. The number of carbonyl (C=O) groups is 3. The monoisotopic (exact) mass is 399 g/mol. The molecular formula is C21H25N3O5. The van der Waals surface area contributed by atoms with Crippen molar-refractivity contribution < 1.29 is 23.6 Å². The number of aryl methyl sites for hydroxylation is 3. The van der Waals surface area contributed by atoms with E-state index in [9.17, 15) is 14.4 Å². The molecule has 1 aliphatic heterocycles. The van der Waals surface area contributed by atoms with Crippen LogP contribution in [-0.2, 0) is 32.0 Å². The summed E-state index contributed by atoms with van der Waals surface area (Å²) in [5, 5.41) is 6.13. The first-order valence-electron chi connectivity index (χ1n) is 9.73. The van der Waals surface area contributed by atoms with Crippen molar-refractivity contribution in [3.63, 3.8) is 0 Å². The molecule has 8 nitrogen and oxygen atoms in total. The van der Waals surface area contributed by atoms with Crippen molar-refractivity contribution in [2.45, 2.75) is 40.0 Å². The topological polar surface area (TPSA) is 102 Å². The second-order valence-corrected chi connectivity index (χ2v) is 7.02. The van der Waals surface area contributed by atoms with E-state index < -0.39 is 24.4 Å². The Labute approximate surface area is 169 Å². The third kappa shape index (κ3) is 4.64. The second kappa shape index (κ2) is 8.89. The molecule has 1 saturated heterocycles. The first kappa shape index (κ1) is 20.6. The van der Waals surface area contributed by atoms with Crippen LogP contribution in [0.5, 0.6) is 0 Å². The fraction of sp³-hybridized carbons (Fsp3) is 0.429. The van der Waals surface area contributed by atoms with Crippen LogP contribution in [-0.4, -0.2) is 36.1 Å². The van der Waals surface area contributed by atoms with Crippen LogP contribution in [0.3, 0.4) is 0 Å². The van der Waals surface area contributed by atoms with Crippen molar-refractivity contribution in [3.05, 3.63) is 41.2 Å². The van der Waals surface area contributed by atoms with Crippen LogP contribution in [0.4, 0.5) is 11.5 Å². The van der Waals surface area contributed by atoms with Crippen LogP contribution in [0, 0.1) is 12.8 Å². The SMILES string of the molecule is CCc1cccc(CC)c1N1C[C@@H](C(=O)OCC(=O)Nc2cc(C)on2)CC1=O. The van der Waals surface area contributed by atoms with Crippen LogP contribution in [0.15, 0.2) is 28.8 Å². The van der Waals surface area contributed by atoms with E-state index in [2.05, 4.69) is 10.5 Å². The Kier molecular flexibility index (Phi) is 6.31. The Balaban J connectivity index is 1.61. The first-order valence-corrected chi connectivity index (χ1v) is 9.73. The number of esters is 1. The maximum atomic E-state index is 12.6. The van der Waals surface area contributed by atoms with Gasteiger partial charge in [-0.1, -0.05) is 37.2 Å². The summed E-state index contributed by atoms with van der Waals surface area (Å²) >= 11 is 0. The average molecular weight is 399 g/mol. The smallest absolute Gasteiger partial charge is 0.311 e. The second-order valence-electron chi connectivity index (χ2n) is 7.02. The van der Waals surface area contributed by atoms with Crippen LogP contribution in [0.2, 0.25) is 0 Å². The number of ether oxygens (including phenoxy) is 1. The standard InChI is InChI=1S/C21H25N3O5/c1-4-14-7-6-8-15(5-2)20(14)24-11-16(10-19(24)26)21(27)28-12-18(25)22-17-9-13(3)29-23-17/h6-9,16H,4-5,10-12H2,1-3H3,(H,22,23,25)/t16-/m0/s1. The van der Waals surface area contributed by atoms with Crippen LogP contribution < -0.4 is 10.2 Å². The summed E-state index contributed by atoms with van der Waals surface area (Å²) in [6.45, 7) is 5.60. The van der Waals surface area contributed by atoms with E-state index >= 15 is 0 Å². The predicted molar refractivity (Wildman–Crippen MR) is 106 cm³/mol. The maximum Gasteiger partial charge on any atom is 0.311 e. The summed E-state index contributed by atoms with van der Waals surface area (Å²) in [6, 6.07) is 7.55. The minimum absolute atomic E-state index is 0.0735. The van der Waals surface area contributed by atoms with Crippen molar-refractivity contribution in [2.75, 3.05) is 23.4 Å². The third-order valence-corrected chi connectivity index (χ3v) is 4.93. The van der Waals surface area contributed by atoms with Crippen LogP contribution in [0.1, 0.15) is 37.2 Å². The van der Waals surface area contributed by atoms with E-state index in [1.54, 1.807) is 17.9 Å². The summed E-state index contributed by atoms with van der Waals surface area (Å²) in [7, 11) is 0. The fourth-order valence-corrected chi connectivity index (χ4v) is 3.50. The number of hydrogen-bond acceptors (Lipinski definition) is 6. The number of amides is 2. The van der Waals surface area contributed by atoms with Crippen LogP contribution >= 0.6 is 0 Å². The van der Waals surface area contributed by atoms with Gasteiger partial charge in [0.1, 0.15) is 5.76 Å². The van der Waals surface area contributed by atoms with Gasteiger partial charge in [0.25, 0.3) is 5.91 Å². The van der Waals surface area contributed by atoms with Gasteiger partial charge in [-0.3, -0.25) is 14.4 Å². The van der Waals surface area contributed by atoms with E-state index in [1.165, 1.54) is 0 Å². The highest BCUT2D eigenvalue weighted by atomic mass is 16.5. The lowest BCUT2D eigenvalue weighted by Crippen LogP contribution is -2.29. The summed E-state index contributed by atoms with van der Waals surface area (Å²) in [4.78, 5) is 38.6. The fourth-order valence-electron chi connectivity index (χ4n) is 3.50. The van der Waals surface area contributed by atoms with Gasteiger partial charge >= 0.3 is 5.97 Å². The van der Waals surface area contributed by atoms with Gasteiger partial charge in [-0.05, 0) is 30.9 Å². The quantitative estimate of drug-likeness (QED) is 0.718. The molecule has 0 radical (unpaired) electrons. The Morgan fingerprint density at radius 1 is 1.28 bits per heavy atom. The number of anilines is 2. The molecule has 3 rings (SSSR count). The number of nitrogens with one attached hydrogen (secondary N) is 1. The molecule has 1 aromatic carbocycles. The molecule has 0 bridgehead atoms. The summed E-state index contributed by atoms with van der Waals surface area (Å²) in [5.41, 5.74) is 3.06. The number of nitrogens with zero attached hydrogens (tertiary/aromatic N) is 2. The van der Waals surface area contributed by atoms with Gasteiger partial charge in [0.2, 0.25) is 5.91 Å². The van der Waals surface area contributed by atoms with Gasteiger partial charge in [0.05, 0.1) is 5.92 Å². The minimum Gasteiger partial charge on any atom is -0.455 e. The number of hydrogen-bond donors (Lipinski definition) is 1. The third-order valence-electron chi connectivity index (χ3n) is 4.93. The van der Waals surface area contributed by atoms with Gasteiger partial charge in [-0.15, -0.1) is 0 Å². The lowest BCUT2D eigenvalue weighted by Gasteiger charge is -2.23. The van der Waals surface area contributed by atoms with Gasteiger partial charge in [0, 0.05) is 24.7 Å². The molecule has 0 unspecified atom stereocenters. The van der Waals surface area contributed by atoms with Crippen molar-refractivity contribution in [2.24, 2.45) is 5.92 Å². The lowest BCUT2D eigenvalue weighted by atomic mass is 10.0. The molecule has 0 spiro atoms. The molecule has 1 aromatic heterocycles. The number of rotatable bonds is 7. The zero-order chi connectivity index (χ0) is 21.0. The summed E-state index contributed by atoms with van der Waals surface area (Å²) < 4.78 is 9.98. The van der Waals surface area contributed by atoms with Crippen molar-refractivity contribution in [1.82, 2.24) is 5.16 Å². The molecule has 154 valence electrons. The molecule has 1 aliphatic rings. The van der Waals surface area contributed by atoms with Gasteiger partial charge in [0.15, 0.2) is 12.4 Å². The zero-order valence-corrected chi connectivity index (χ0v) is 16.9. The van der Waals surface area contributed by atoms with Crippen LogP contribution in [0.25, 0.3) is 0 Å². The molecular weight excluding hydrogens is 374 g/mol. The summed E-state index contributed by atoms with van der Waals surface area (Å²) in [6.07, 6.45) is 1.66. The molecule has 0 aliphatic carbocycles. The number of benzene rings is 1. The average Bonchev–Trinajstić information content (AvgIpc) is 3.30. The highest BCUT2D eigenvalue weighted by Gasteiger charge is 2.37.